The highest BCUT2D eigenvalue weighted by molar-refractivity contribution is 7.98. The fourth-order valence-electron chi connectivity index (χ4n) is 1.73. The summed E-state index contributed by atoms with van der Waals surface area (Å²) in [6.45, 7) is 1.52. The van der Waals surface area contributed by atoms with E-state index in [1.807, 2.05) is 12.3 Å². The van der Waals surface area contributed by atoms with Gasteiger partial charge in [0, 0.05) is 31.6 Å². The molecule has 0 saturated carbocycles. The lowest BCUT2D eigenvalue weighted by molar-refractivity contribution is 0.625. The number of hydrogen-bond donors (Lipinski definition) is 2. The van der Waals surface area contributed by atoms with E-state index in [2.05, 4.69) is 21.9 Å². The molecule has 0 saturated heterocycles. The quantitative estimate of drug-likeness (QED) is 0.461. The summed E-state index contributed by atoms with van der Waals surface area (Å²) < 4.78 is 13.3. The number of halogens is 1. The van der Waals surface area contributed by atoms with E-state index >= 15 is 0 Å². The summed E-state index contributed by atoms with van der Waals surface area (Å²) in [5, 5.41) is 6.50. The number of aliphatic imine (C=N–C) groups is 1. The highest BCUT2D eigenvalue weighted by Gasteiger charge is 2.05. The topological polar surface area (TPSA) is 36.4 Å². The van der Waals surface area contributed by atoms with Crippen LogP contribution in [0.25, 0.3) is 0 Å². The number of nitrogens with one attached hydrogen (secondary N) is 2. The molecule has 0 aromatic heterocycles. The number of nitrogens with zero attached hydrogens (tertiary/aromatic N) is 1. The summed E-state index contributed by atoms with van der Waals surface area (Å²) in [6, 6.07) is 4.95. The van der Waals surface area contributed by atoms with Crippen molar-refractivity contribution < 1.29 is 4.39 Å². The Kier molecular flexibility index (Phi) is 8.53. The molecular formula is C14H22FN3S2. The molecule has 0 radical (unpaired) electrons. The molecule has 20 heavy (non-hydrogen) atoms. The SMILES string of the molecule is CN=C(NCCSC)NCc1ccc(F)cc1CSC. The van der Waals surface area contributed by atoms with Crippen molar-refractivity contribution in [3.8, 4) is 0 Å². The second kappa shape index (κ2) is 9.94. The monoisotopic (exact) mass is 315 g/mol. The molecule has 0 fully saturated rings. The maximum absolute atomic E-state index is 13.3. The van der Waals surface area contributed by atoms with Crippen molar-refractivity contribution in [3.05, 3.63) is 35.1 Å². The van der Waals surface area contributed by atoms with Gasteiger partial charge in [0.25, 0.3) is 0 Å². The Balaban J connectivity index is 2.59. The van der Waals surface area contributed by atoms with Crippen LogP contribution in [0.2, 0.25) is 0 Å². The molecule has 1 aromatic carbocycles. The van der Waals surface area contributed by atoms with Gasteiger partial charge < -0.3 is 10.6 Å². The zero-order chi connectivity index (χ0) is 14.8. The van der Waals surface area contributed by atoms with Crippen LogP contribution < -0.4 is 10.6 Å². The number of rotatable bonds is 7. The van der Waals surface area contributed by atoms with Crippen LogP contribution in [-0.2, 0) is 12.3 Å². The summed E-state index contributed by atoms with van der Waals surface area (Å²) in [4.78, 5) is 4.17. The summed E-state index contributed by atoms with van der Waals surface area (Å²) in [5.41, 5.74) is 2.14. The Hall–Kier alpha value is -0.880. The number of guanidine groups is 1. The Morgan fingerprint density at radius 1 is 1.20 bits per heavy atom. The summed E-state index contributed by atoms with van der Waals surface area (Å²) in [5.74, 6) is 2.45. The smallest absolute Gasteiger partial charge is 0.191 e. The molecule has 1 aromatic rings. The lowest BCUT2D eigenvalue weighted by Gasteiger charge is -2.14. The van der Waals surface area contributed by atoms with Gasteiger partial charge in [-0.25, -0.2) is 4.39 Å². The first-order valence-corrected chi connectivity index (χ1v) is 9.19. The highest BCUT2D eigenvalue weighted by Crippen LogP contribution is 2.16. The van der Waals surface area contributed by atoms with Crippen molar-refractivity contribution in [1.29, 1.82) is 0 Å². The molecule has 0 bridgehead atoms. The van der Waals surface area contributed by atoms with Gasteiger partial charge in [-0.3, -0.25) is 4.99 Å². The lowest BCUT2D eigenvalue weighted by atomic mass is 10.1. The van der Waals surface area contributed by atoms with E-state index in [0.717, 1.165) is 35.1 Å². The maximum atomic E-state index is 13.3. The molecule has 0 heterocycles. The van der Waals surface area contributed by atoms with Crippen LogP contribution in [-0.4, -0.2) is 37.8 Å². The molecule has 0 spiro atoms. The fraction of sp³-hybridized carbons (Fsp3) is 0.500. The fourth-order valence-corrected chi connectivity index (χ4v) is 2.61. The van der Waals surface area contributed by atoms with Crippen molar-refractivity contribution in [1.82, 2.24) is 10.6 Å². The first-order chi connectivity index (χ1) is 9.71. The number of hydrogen-bond acceptors (Lipinski definition) is 3. The van der Waals surface area contributed by atoms with Crippen molar-refractivity contribution in [2.45, 2.75) is 12.3 Å². The molecule has 6 heteroatoms. The molecule has 0 aliphatic heterocycles. The van der Waals surface area contributed by atoms with Gasteiger partial charge in [-0.05, 0) is 35.8 Å². The van der Waals surface area contributed by atoms with Crippen molar-refractivity contribution in [2.75, 3.05) is 31.9 Å². The number of thioether (sulfide) groups is 2. The Bertz CT molecular complexity index is 438. The van der Waals surface area contributed by atoms with Crippen molar-refractivity contribution in [3.63, 3.8) is 0 Å². The third kappa shape index (κ3) is 6.05. The van der Waals surface area contributed by atoms with E-state index in [4.69, 9.17) is 0 Å². The largest absolute Gasteiger partial charge is 0.356 e. The normalized spacial score (nSPS) is 11.5. The third-order valence-corrected chi connectivity index (χ3v) is 3.95. The predicted molar refractivity (Wildman–Crippen MR) is 90.2 cm³/mol. The lowest BCUT2D eigenvalue weighted by Crippen LogP contribution is -2.38. The van der Waals surface area contributed by atoms with Crippen LogP contribution in [0.5, 0.6) is 0 Å². The first-order valence-electron chi connectivity index (χ1n) is 6.41. The maximum Gasteiger partial charge on any atom is 0.191 e. The van der Waals surface area contributed by atoms with Gasteiger partial charge in [0.05, 0.1) is 0 Å². The van der Waals surface area contributed by atoms with E-state index in [9.17, 15) is 4.39 Å². The zero-order valence-corrected chi connectivity index (χ0v) is 13.8. The summed E-state index contributed by atoms with van der Waals surface area (Å²) in [6.07, 6.45) is 4.09. The van der Waals surface area contributed by atoms with Crippen molar-refractivity contribution in [2.24, 2.45) is 4.99 Å². The minimum absolute atomic E-state index is 0.180. The third-order valence-electron chi connectivity index (χ3n) is 2.74. The van der Waals surface area contributed by atoms with Gasteiger partial charge in [0.1, 0.15) is 5.82 Å². The van der Waals surface area contributed by atoms with Crippen molar-refractivity contribution >= 4 is 29.5 Å². The molecular weight excluding hydrogens is 293 g/mol. The average molecular weight is 315 g/mol. The second-order valence-electron chi connectivity index (χ2n) is 4.19. The van der Waals surface area contributed by atoms with Crippen LogP contribution in [0.15, 0.2) is 23.2 Å². The van der Waals surface area contributed by atoms with E-state index in [1.165, 1.54) is 6.07 Å². The van der Waals surface area contributed by atoms with Gasteiger partial charge in [-0.1, -0.05) is 6.07 Å². The molecule has 2 N–H and O–H groups in total. The molecule has 0 atom stereocenters. The van der Waals surface area contributed by atoms with Crippen LogP contribution in [0.3, 0.4) is 0 Å². The molecule has 0 amide bonds. The first kappa shape index (κ1) is 17.2. The minimum atomic E-state index is -0.180. The molecule has 3 nitrogen and oxygen atoms in total. The Morgan fingerprint density at radius 3 is 2.65 bits per heavy atom. The zero-order valence-electron chi connectivity index (χ0n) is 12.2. The van der Waals surface area contributed by atoms with E-state index < -0.39 is 0 Å². The van der Waals surface area contributed by atoms with Crippen LogP contribution in [0.4, 0.5) is 4.39 Å². The van der Waals surface area contributed by atoms with Crippen LogP contribution in [0, 0.1) is 5.82 Å². The summed E-state index contributed by atoms with van der Waals surface area (Å²) >= 11 is 3.48. The van der Waals surface area contributed by atoms with Gasteiger partial charge in [-0.15, -0.1) is 0 Å². The average Bonchev–Trinajstić information content (AvgIpc) is 2.44. The van der Waals surface area contributed by atoms with Crippen LogP contribution in [0.1, 0.15) is 11.1 Å². The molecule has 0 unspecified atom stereocenters. The standard InChI is InChI=1S/C14H22FN3S2/c1-16-14(17-6-7-19-2)18-9-11-4-5-13(15)8-12(11)10-20-3/h4-5,8H,6-7,9-10H2,1-3H3,(H2,16,17,18). The summed E-state index contributed by atoms with van der Waals surface area (Å²) in [7, 11) is 1.75. The van der Waals surface area contributed by atoms with Gasteiger partial charge in [-0.2, -0.15) is 23.5 Å². The molecule has 0 aliphatic carbocycles. The van der Waals surface area contributed by atoms with E-state index in [1.54, 1.807) is 36.6 Å². The highest BCUT2D eigenvalue weighted by atomic mass is 32.2. The molecule has 1 rings (SSSR count). The Morgan fingerprint density at radius 2 is 2.00 bits per heavy atom. The molecule has 0 aliphatic rings. The van der Waals surface area contributed by atoms with E-state index in [-0.39, 0.29) is 5.82 Å². The minimum Gasteiger partial charge on any atom is -0.356 e. The predicted octanol–water partition coefficient (Wildman–Crippen LogP) is 2.72. The number of benzene rings is 1. The molecule has 112 valence electrons. The second-order valence-corrected chi connectivity index (χ2v) is 6.04. The van der Waals surface area contributed by atoms with Gasteiger partial charge in [0.2, 0.25) is 0 Å². The van der Waals surface area contributed by atoms with Gasteiger partial charge >= 0.3 is 0 Å². The van der Waals surface area contributed by atoms with Gasteiger partial charge in [0.15, 0.2) is 5.96 Å². The van der Waals surface area contributed by atoms with E-state index in [0.29, 0.717) is 6.54 Å². The Labute approximate surface area is 129 Å². The van der Waals surface area contributed by atoms with Crippen LogP contribution >= 0.6 is 23.5 Å².